The maximum atomic E-state index is 8.94. The number of ether oxygens (including phenoxy) is 1. The monoisotopic (exact) mass is 250 g/mol. The number of rotatable bonds is 5. The summed E-state index contributed by atoms with van der Waals surface area (Å²) in [4.78, 5) is 0. The molecule has 0 bridgehead atoms. The SMILES string of the molecule is C=C/C(=C\C=C/CC)Oc1ccc(C#N)c(C#N)c1. The van der Waals surface area contributed by atoms with E-state index in [-0.39, 0.29) is 0 Å². The summed E-state index contributed by atoms with van der Waals surface area (Å²) < 4.78 is 5.58. The van der Waals surface area contributed by atoms with Crippen molar-refractivity contribution in [2.75, 3.05) is 0 Å². The van der Waals surface area contributed by atoms with Gasteiger partial charge < -0.3 is 4.74 Å². The molecule has 0 aliphatic rings. The van der Waals surface area contributed by atoms with Crippen molar-refractivity contribution in [2.24, 2.45) is 0 Å². The van der Waals surface area contributed by atoms with Crippen LogP contribution in [-0.2, 0) is 0 Å². The third kappa shape index (κ3) is 4.18. The number of hydrogen-bond donors (Lipinski definition) is 0. The maximum Gasteiger partial charge on any atom is 0.128 e. The Balaban J connectivity index is 2.97. The van der Waals surface area contributed by atoms with E-state index in [4.69, 9.17) is 15.3 Å². The second kappa shape index (κ2) is 7.53. The zero-order valence-electron chi connectivity index (χ0n) is 10.8. The van der Waals surface area contributed by atoms with Gasteiger partial charge in [0.1, 0.15) is 23.6 Å². The molecule has 0 spiro atoms. The van der Waals surface area contributed by atoms with Gasteiger partial charge in [-0.1, -0.05) is 25.7 Å². The molecule has 3 heteroatoms. The van der Waals surface area contributed by atoms with Crippen LogP contribution in [0.5, 0.6) is 5.75 Å². The molecule has 19 heavy (non-hydrogen) atoms. The average molecular weight is 250 g/mol. The fourth-order valence-corrected chi connectivity index (χ4v) is 1.36. The molecule has 0 radical (unpaired) electrons. The summed E-state index contributed by atoms with van der Waals surface area (Å²) in [7, 11) is 0. The molecule has 0 heterocycles. The Bertz CT molecular complexity index is 598. The van der Waals surface area contributed by atoms with E-state index in [9.17, 15) is 0 Å². The highest BCUT2D eigenvalue weighted by Gasteiger charge is 2.04. The van der Waals surface area contributed by atoms with Crippen LogP contribution >= 0.6 is 0 Å². The van der Waals surface area contributed by atoms with Crippen LogP contribution in [0.2, 0.25) is 0 Å². The minimum Gasteiger partial charge on any atom is -0.457 e. The third-order valence-electron chi connectivity index (χ3n) is 2.30. The minimum absolute atomic E-state index is 0.299. The lowest BCUT2D eigenvalue weighted by atomic mass is 10.1. The summed E-state index contributed by atoms with van der Waals surface area (Å²) in [6.07, 6.45) is 8.19. The highest BCUT2D eigenvalue weighted by atomic mass is 16.5. The molecule has 94 valence electrons. The van der Waals surface area contributed by atoms with E-state index >= 15 is 0 Å². The first kappa shape index (κ1) is 14.3. The first-order valence-electron chi connectivity index (χ1n) is 5.86. The Morgan fingerprint density at radius 3 is 2.63 bits per heavy atom. The number of allylic oxidation sites excluding steroid dienone is 4. The standard InChI is InChI=1S/C16H14N2O/c1-3-5-6-7-15(4-2)19-16-9-8-13(11-17)14(10-16)12-18/h4-10H,2-3H2,1H3/b6-5-,15-7+. The van der Waals surface area contributed by atoms with Crippen LogP contribution in [0.3, 0.4) is 0 Å². The summed E-state index contributed by atoms with van der Waals surface area (Å²) >= 11 is 0. The summed E-state index contributed by atoms with van der Waals surface area (Å²) in [5.41, 5.74) is 0.636. The molecule has 1 aromatic rings. The van der Waals surface area contributed by atoms with Gasteiger partial charge in [-0.3, -0.25) is 0 Å². The topological polar surface area (TPSA) is 56.8 Å². The van der Waals surface area contributed by atoms with Crippen LogP contribution in [0.1, 0.15) is 24.5 Å². The van der Waals surface area contributed by atoms with Crippen molar-refractivity contribution in [1.29, 1.82) is 10.5 Å². The van der Waals surface area contributed by atoms with E-state index in [2.05, 4.69) is 6.58 Å². The van der Waals surface area contributed by atoms with Crippen LogP contribution < -0.4 is 4.74 Å². The number of hydrogen-bond acceptors (Lipinski definition) is 3. The zero-order valence-corrected chi connectivity index (χ0v) is 10.8. The Labute approximate surface area is 113 Å². The minimum atomic E-state index is 0.299. The fourth-order valence-electron chi connectivity index (χ4n) is 1.36. The van der Waals surface area contributed by atoms with E-state index in [1.165, 1.54) is 0 Å². The molecule has 0 aliphatic carbocycles. The quantitative estimate of drug-likeness (QED) is 0.589. The Morgan fingerprint density at radius 1 is 1.32 bits per heavy atom. The molecule has 0 unspecified atom stereocenters. The van der Waals surface area contributed by atoms with Crippen molar-refractivity contribution in [1.82, 2.24) is 0 Å². The normalized spacial score (nSPS) is 10.8. The van der Waals surface area contributed by atoms with E-state index in [0.29, 0.717) is 22.6 Å². The van der Waals surface area contributed by atoms with E-state index in [1.807, 2.05) is 31.2 Å². The molecule has 0 atom stereocenters. The van der Waals surface area contributed by atoms with Gasteiger partial charge in [0.25, 0.3) is 0 Å². The summed E-state index contributed by atoms with van der Waals surface area (Å²) in [6, 6.07) is 8.69. The van der Waals surface area contributed by atoms with Crippen molar-refractivity contribution in [2.45, 2.75) is 13.3 Å². The highest BCUT2D eigenvalue weighted by molar-refractivity contribution is 5.49. The van der Waals surface area contributed by atoms with Gasteiger partial charge in [0.05, 0.1) is 11.1 Å². The van der Waals surface area contributed by atoms with Gasteiger partial charge in [-0.05, 0) is 36.8 Å². The molecular weight excluding hydrogens is 236 g/mol. The number of nitrogens with zero attached hydrogens (tertiary/aromatic N) is 2. The Hall–Kier alpha value is -2.78. The average Bonchev–Trinajstić information content (AvgIpc) is 2.46. The molecule has 1 rings (SSSR count). The van der Waals surface area contributed by atoms with Gasteiger partial charge in [0, 0.05) is 0 Å². The van der Waals surface area contributed by atoms with Crippen molar-refractivity contribution < 1.29 is 4.74 Å². The zero-order chi connectivity index (χ0) is 14.1. The number of benzene rings is 1. The first-order valence-corrected chi connectivity index (χ1v) is 5.86. The van der Waals surface area contributed by atoms with Gasteiger partial charge in [-0.15, -0.1) is 0 Å². The van der Waals surface area contributed by atoms with Gasteiger partial charge in [-0.2, -0.15) is 10.5 Å². The van der Waals surface area contributed by atoms with Crippen molar-refractivity contribution in [3.8, 4) is 17.9 Å². The van der Waals surface area contributed by atoms with E-state index in [0.717, 1.165) is 6.42 Å². The smallest absolute Gasteiger partial charge is 0.128 e. The van der Waals surface area contributed by atoms with Crippen molar-refractivity contribution in [3.63, 3.8) is 0 Å². The summed E-state index contributed by atoms with van der Waals surface area (Å²) in [5.74, 6) is 1.09. The molecule has 0 aromatic heterocycles. The molecule has 0 saturated heterocycles. The molecular formula is C16H14N2O. The summed E-state index contributed by atoms with van der Waals surface area (Å²) in [6.45, 7) is 5.71. The van der Waals surface area contributed by atoms with Crippen LogP contribution in [-0.4, -0.2) is 0 Å². The first-order chi connectivity index (χ1) is 9.24. The largest absolute Gasteiger partial charge is 0.457 e. The molecule has 0 aliphatic heterocycles. The molecule has 0 saturated carbocycles. The molecule has 1 aromatic carbocycles. The van der Waals surface area contributed by atoms with Gasteiger partial charge in [-0.25, -0.2) is 0 Å². The fraction of sp³-hybridized carbons (Fsp3) is 0.125. The predicted octanol–water partition coefficient (Wildman–Crippen LogP) is 3.84. The lowest BCUT2D eigenvalue weighted by Gasteiger charge is -2.06. The van der Waals surface area contributed by atoms with E-state index in [1.54, 1.807) is 30.4 Å². The third-order valence-corrected chi connectivity index (χ3v) is 2.30. The Kier molecular flexibility index (Phi) is 5.66. The summed E-state index contributed by atoms with van der Waals surface area (Å²) in [5, 5.41) is 17.8. The number of nitriles is 2. The Morgan fingerprint density at radius 2 is 2.05 bits per heavy atom. The van der Waals surface area contributed by atoms with E-state index < -0.39 is 0 Å². The molecule has 0 N–H and O–H groups in total. The lowest BCUT2D eigenvalue weighted by Crippen LogP contribution is -1.93. The predicted molar refractivity (Wildman–Crippen MR) is 74.2 cm³/mol. The lowest BCUT2D eigenvalue weighted by molar-refractivity contribution is 0.444. The molecule has 0 fully saturated rings. The second-order valence-electron chi connectivity index (χ2n) is 3.64. The van der Waals surface area contributed by atoms with Crippen LogP contribution in [0, 0.1) is 22.7 Å². The molecule has 0 amide bonds. The van der Waals surface area contributed by atoms with Crippen LogP contribution in [0.15, 0.2) is 54.8 Å². The van der Waals surface area contributed by atoms with Crippen LogP contribution in [0.4, 0.5) is 0 Å². The maximum absolute atomic E-state index is 8.94. The van der Waals surface area contributed by atoms with Gasteiger partial charge in [0.2, 0.25) is 0 Å². The second-order valence-corrected chi connectivity index (χ2v) is 3.64. The van der Waals surface area contributed by atoms with Crippen molar-refractivity contribution in [3.05, 3.63) is 66.0 Å². The van der Waals surface area contributed by atoms with Gasteiger partial charge in [0.15, 0.2) is 0 Å². The van der Waals surface area contributed by atoms with Crippen molar-refractivity contribution >= 4 is 0 Å². The van der Waals surface area contributed by atoms with Gasteiger partial charge >= 0.3 is 0 Å². The van der Waals surface area contributed by atoms with Crippen LogP contribution in [0.25, 0.3) is 0 Å². The molecule has 3 nitrogen and oxygen atoms in total. The highest BCUT2D eigenvalue weighted by Crippen LogP contribution is 2.19.